The van der Waals surface area contributed by atoms with Crippen LogP contribution in [-0.2, 0) is 38.2 Å². The number of esters is 1. The number of carbonyl (C=O) groups excluding carboxylic acids is 7. The fraction of sp³-hybridized carbons (Fsp3) is 0.800. The molecule has 6 N–H and O–H groups in total. The summed E-state index contributed by atoms with van der Waals surface area (Å²) in [5.41, 5.74) is -0.698. The molecule has 0 heterocycles. The Morgan fingerprint density at radius 3 is 1.58 bits per heavy atom. The van der Waals surface area contributed by atoms with E-state index in [-0.39, 0.29) is 42.7 Å². The maximum absolute atomic E-state index is 13.1. The Kier molecular flexibility index (Phi) is 17.0. The van der Waals surface area contributed by atoms with E-state index in [0.717, 1.165) is 38.5 Å². The van der Waals surface area contributed by atoms with Gasteiger partial charge in [-0.1, -0.05) is 26.2 Å². The molecule has 0 aromatic heterocycles. The van der Waals surface area contributed by atoms with Gasteiger partial charge >= 0.3 is 12.1 Å². The summed E-state index contributed by atoms with van der Waals surface area (Å²) in [6.07, 6.45) is 5.26. The standard InChI is InChI=1S/C35H60N6O9/c1-9-10-17-49-33(47)23(5)40-32(46)27-16-12-14-25(27)18-36-28(42)20(2)38-30(44)22(4)39-31(45)26-15-11-13-24(26)19-37-29(43)21(3)41-34(48)50-35(6,7)8/h20-27H,9-19H2,1-8H3,(H,36,42)(H,37,43)(H,38,44)(H,39,45)(H,40,46)(H,41,48)/t20-,21-,22-,23-,24+,25+,26-,27-/m1/s1. The van der Waals surface area contributed by atoms with Crippen molar-refractivity contribution in [1.82, 2.24) is 31.9 Å². The summed E-state index contributed by atoms with van der Waals surface area (Å²) in [5, 5.41) is 16.2. The third-order valence-corrected chi connectivity index (χ3v) is 9.15. The van der Waals surface area contributed by atoms with Crippen molar-refractivity contribution >= 4 is 41.6 Å². The molecule has 0 saturated heterocycles. The first-order valence-corrected chi connectivity index (χ1v) is 18.1. The first-order valence-electron chi connectivity index (χ1n) is 18.1. The van der Waals surface area contributed by atoms with Gasteiger partial charge in [-0.3, -0.25) is 24.0 Å². The molecule has 2 rings (SSSR count). The maximum Gasteiger partial charge on any atom is 0.408 e. The van der Waals surface area contributed by atoms with Gasteiger partial charge in [0, 0.05) is 24.9 Å². The number of unbranched alkanes of at least 4 members (excludes halogenated alkanes) is 1. The molecule has 15 nitrogen and oxygen atoms in total. The molecule has 284 valence electrons. The second kappa shape index (κ2) is 20.1. The molecule has 2 aliphatic rings. The average molecular weight is 709 g/mol. The van der Waals surface area contributed by atoms with Gasteiger partial charge in [-0.25, -0.2) is 9.59 Å². The van der Waals surface area contributed by atoms with Gasteiger partial charge in [-0.2, -0.15) is 0 Å². The molecule has 0 radical (unpaired) electrons. The minimum atomic E-state index is -0.912. The monoisotopic (exact) mass is 708 g/mol. The summed E-state index contributed by atoms with van der Waals surface area (Å²) in [7, 11) is 0. The number of ether oxygens (including phenoxy) is 2. The van der Waals surface area contributed by atoms with Crippen molar-refractivity contribution < 1.29 is 43.0 Å². The summed E-state index contributed by atoms with van der Waals surface area (Å²) >= 11 is 0. The SMILES string of the molecule is CCCCOC(=O)[C@@H](C)NC(=O)[C@@H]1CCC[C@H]1CNC(=O)[C@@H](C)NC(=O)[C@@H](C)NC(=O)[C@@H]1CCC[C@H]1CNC(=O)[C@@H](C)NC(=O)OC(C)(C)C. The van der Waals surface area contributed by atoms with Crippen LogP contribution >= 0.6 is 0 Å². The van der Waals surface area contributed by atoms with Gasteiger partial charge in [0.1, 0.15) is 29.8 Å². The van der Waals surface area contributed by atoms with Gasteiger partial charge in [-0.15, -0.1) is 0 Å². The molecule has 0 aliphatic heterocycles. The number of alkyl carbamates (subject to hydrolysis) is 1. The first kappa shape index (κ1) is 42.3. The van der Waals surface area contributed by atoms with Gasteiger partial charge in [0.25, 0.3) is 0 Å². The Morgan fingerprint density at radius 2 is 1.10 bits per heavy atom. The van der Waals surface area contributed by atoms with Crippen molar-refractivity contribution in [3.05, 3.63) is 0 Å². The van der Waals surface area contributed by atoms with Crippen LogP contribution in [-0.4, -0.2) is 91.1 Å². The second-order valence-electron chi connectivity index (χ2n) is 14.7. The summed E-state index contributed by atoms with van der Waals surface area (Å²) < 4.78 is 10.4. The molecule has 6 amide bonds. The highest BCUT2D eigenvalue weighted by Gasteiger charge is 2.36. The molecule has 2 saturated carbocycles. The van der Waals surface area contributed by atoms with Crippen LogP contribution in [0.4, 0.5) is 4.79 Å². The van der Waals surface area contributed by atoms with Crippen molar-refractivity contribution in [3.63, 3.8) is 0 Å². The van der Waals surface area contributed by atoms with E-state index in [0.29, 0.717) is 19.4 Å². The zero-order chi connectivity index (χ0) is 37.6. The van der Waals surface area contributed by atoms with E-state index >= 15 is 0 Å². The van der Waals surface area contributed by atoms with Crippen LogP contribution in [0.2, 0.25) is 0 Å². The number of hydrogen-bond donors (Lipinski definition) is 6. The van der Waals surface area contributed by atoms with Gasteiger partial charge in [0.15, 0.2) is 0 Å². The van der Waals surface area contributed by atoms with Crippen molar-refractivity contribution in [1.29, 1.82) is 0 Å². The number of hydrogen-bond acceptors (Lipinski definition) is 9. The Labute approximate surface area is 296 Å². The summed E-state index contributed by atoms with van der Waals surface area (Å²) in [6.45, 7) is 14.2. The Hall–Kier alpha value is -3.91. The topological polar surface area (TPSA) is 210 Å². The van der Waals surface area contributed by atoms with Crippen LogP contribution in [0.1, 0.15) is 107 Å². The molecule has 0 aromatic rings. The van der Waals surface area contributed by atoms with Crippen LogP contribution < -0.4 is 31.9 Å². The summed E-state index contributed by atoms with van der Waals surface area (Å²) in [4.78, 5) is 88.5. The predicted molar refractivity (Wildman–Crippen MR) is 185 cm³/mol. The quantitative estimate of drug-likeness (QED) is 0.0960. The number of carbonyl (C=O) groups is 7. The molecule has 15 heteroatoms. The van der Waals surface area contributed by atoms with E-state index in [1.54, 1.807) is 41.5 Å². The molecule has 0 bridgehead atoms. The van der Waals surface area contributed by atoms with Gasteiger partial charge in [-0.05, 0) is 92.4 Å². The molecular formula is C35H60N6O9. The van der Waals surface area contributed by atoms with Crippen LogP contribution in [0.3, 0.4) is 0 Å². The fourth-order valence-corrected chi connectivity index (χ4v) is 6.18. The second-order valence-corrected chi connectivity index (χ2v) is 14.7. The van der Waals surface area contributed by atoms with Crippen LogP contribution in [0.15, 0.2) is 0 Å². The molecule has 8 atom stereocenters. The van der Waals surface area contributed by atoms with E-state index < -0.39 is 65.5 Å². The smallest absolute Gasteiger partial charge is 0.408 e. The Bertz CT molecular complexity index is 1210. The normalized spacial score (nSPS) is 22.6. The zero-order valence-electron chi connectivity index (χ0n) is 31.1. The molecule has 50 heavy (non-hydrogen) atoms. The van der Waals surface area contributed by atoms with Crippen LogP contribution in [0.5, 0.6) is 0 Å². The molecule has 0 unspecified atom stereocenters. The number of rotatable bonds is 17. The number of nitrogens with one attached hydrogen (secondary N) is 6. The van der Waals surface area contributed by atoms with Crippen LogP contribution in [0.25, 0.3) is 0 Å². The largest absolute Gasteiger partial charge is 0.464 e. The molecule has 2 fully saturated rings. The van der Waals surface area contributed by atoms with E-state index in [1.165, 1.54) is 6.92 Å². The van der Waals surface area contributed by atoms with E-state index in [2.05, 4.69) is 31.9 Å². The minimum absolute atomic E-state index is 0.114. The molecular weight excluding hydrogens is 648 g/mol. The lowest BCUT2D eigenvalue weighted by molar-refractivity contribution is -0.148. The van der Waals surface area contributed by atoms with Crippen molar-refractivity contribution in [2.75, 3.05) is 19.7 Å². The lowest BCUT2D eigenvalue weighted by atomic mass is 9.94. The highest BCUT2D eigenvalue weighted by atomic mass is 16.6. The van der Waals surface area contributed by atoms with Crippen molar-refractivity contribution in [2.24, 2.45) is 23.7 Å². The van der Waals surface area contributed by atoms with E-state index in [1.807, 2.05) is 6.92 Å². The third-order valence-electron chi connectivity index (χ3n) is 9.15. The van der Waals surface area contributed by atoms with Gasteiger partial charge in [0.05, 0.1) is 6.61 Å². The van der Waals surface area contributed by atoms with Gasteiger partial charge in [0.2, 0.25) is 29.5 Å². The number of amides is 6. The molecule has 0 spiro atoms. The maximum atomic E-state index is 13.1. The third kappa shape index (κ3) is 14.1. The minimum Gasteiger partial charge on any atom is -0.464 e. The first-order chi connectivity index (χ1) is 23.4. The van der Waals surface area contributed by atoms with Crippen molar-refractivity contribution in [2.45, 2.75) is 137 Å². The van der Waals surface area contributed by atoms with Crippen molar-refractivity contribution in [3.8, 4) is 0 Å². The van der Waals surface area contributed by atoms with Crippen LogP contribution in [0, 0.1) is 23.7 Å². The average Bonchev–Trinajstić information content (AvgIpc) is 3.71. The van der Waals surface area contributed by atoms with Gasteiger partial charge < -0.3 is 41.4 Å². The highest BCUT2D eigenvalue weighted by Crippen LogP contribution is 2.32. The summed E-state index contributed by atoms with van der Waals surface area (Å²) in [6, 6.07) is -3.40. The lowest BCUT2D eigenvalue weighted by Crippen LogP contribution is -2.53. The Morgan fingerprint density at radius 1 is 0.640 bits per heavy atom. The molecule has 2 aliphatic carbocycles. The fourth-order valence-electron chi connectivity index (χ4n) is 6.18. The lowest BCUT2D eigenvalue weighted by Gasteiger charge is -2.24. The van der Waals surface area contributed by atoms with E-state index in [9.17, 15) is 33.6 Å². The predicted octanol–water partition coefficient (Wildman–Crippen LogP) is 1.82. The highest BCUT2D eigenvalue weighted by molar-refractivity contribution is 5.92. The summed E-state index contributed by atoms with van der Waals surface area (Å²) in [5.74, 6) is -3.39. The van der Waals surface area contributed by atoms with E-state index in [4.69, 9.17) is 9.47 Å². The zero-order valence-corrected chi connectivity index (χ0v) is 31.1. The Balaban J connectivity index is 1.77. The molecule has 0 aromatic carbocycles.